The van der Waals surface area contributed by atoms with E-state index in [1.165, 1.54) is 12.1 Å². The fraction of sp³-hybridized carbons (Fsp3) is 0.389. The molecule has 0 aliphatic carbocycles. The maximum absolute atomic E-state index is 12.1. The number of aromatic amines is 1. The largest absolute Gasteiger partial charge is 0.508 e. The number of aromatic hydroxyl groups is 1. The van der Waals surface area contributed by atoms with Crippen LogP contribution in [0.15, 0.2) is 46.1 Å². The van der Waals surface area contributed by atoms with Crippen LogP contribution in [0.4, 0.5) is 0 Å². The number of nitrogens with one attached hydrogen (secondary N) is 1. The summed E-state index contributed by atoms with van der Waals surface area (Å²) < 4.78 is 11.5. The van der Waals surface area contributed by atoms with Crippen molar-refractivity contribution >= 4 is 5.97 Å². The van der Waals surface area contributed by atoms with Gasteiger partial charge in [0.1, 0.15) is 36.7 Å². The van der Waals surface area contributed by atoms with Crippen molar-refractivity contribution in [2.24, 2.45) is 5.73 Å². The molecule has 1 fully saturated rings. The van der Waals surface area contributed by atoms with Gasteiger partial charge in [0, 0.05) is 12.3 Å². The predicted octanol–water partition coefficient (Wildman–Crippen LogP) is -2.03. The van der Waals surface area contributed by atoms with Crippen LogP contribution in [-0.2, 0) is 20.7 Å². The molecular formula is C18H21N3O8. The first kappa shape index (κ1) is 20.7. The molecule has 5 atom stereocenters. The van der Waals surface area contributed by atoms with Crippen LogP contribution in [-0.4, -0.2) is 61.8 Å². The Hall–Kier alpha value is -2.99. The molecule has 1 saturated heterocycles. The minimum Gasteiger partial charge on any atom is -0.508 e. The number of aliphatic hydroxyl groups excluding tert-OH is 2. The third-order valence-electron chi connectivity index (χ3n) is 4.55. The fourth-order valence-electron chi connectivity index (χ4n) is 2.96. The predicted molar refractivity (Wildman–Crippen MR) is 98.0 cm³/mol. The van der Waals surface area contributed by atoms with Gasteiger partial charge in [0.15, 0.2) is 6.23 Å². The number of nitrogens with two attached hydrogens (primary N) is 1. The Kier molecular flexibility index (Phi) is 6.13. The molecule has 2 unspecified atom stereocenters. The number of aromatic nitrogens is 2. The molecule has 156 valence electrons. The highest BCUT2D eigenvalue weighted by Crippen LogP contribution is 2.28. The number of hydrogen-bond donors (Lipinski definition) is 5. The van der Waals surface area contributed by atoms with Crippen LogP contribution in [0.25, 0.3) is 0 Å². The van der Waals surface area contributed by atoms with Crippen LogP contribution in [0, 0.1) is 0 Å². The highest BCUT2D eigenvalue weighted by atomic mass is 16.6. The Balaban J connectivity index is 1.58. The molecule has 0 bridgehead atoms. The summed E-state index contributed by atoms with van der Waals surface area (Å²) in [5.74, 6) is -0.653. The minimum atomic E-state index is -1.48. The van der Waals surface area contributed by atoms with Gasteiger partial charge in [0.2, 0.25) is 0 Å². The van der Waals surface area contributed by atoms with Gasteiger partial charge in [-0.3, -0.25) is 19.1 Å². The molecule has 1 aliphatic rings. The zero-order chi connectivity index (χ0) is 21.1. The summed E-state index contributed by atoms with van der Waals surface area (Å²) in [6, 6.07) is 6.26. The third-order valence-corrected chi connectivity index (χ3v) is 4.55. The molecule has 2 aromatic rings. The van der Waals surface area contributed by atoms with Crippen molar-refractivity contribution in [2.75, 3.05) is 6.61 Å². The SMILES string of the molecule is N[C@@H](Cc1ccc(O)cc1)C(=O)OC[C@@H]1O[C@H](n2ccc(=O)[nH]c2=O)C(O)C1O. The van der Waals surface area contributed by atoms with Crippen LogP contribution in [0.2, 0.25) is 0 Å². The standard InChI is InChI=1S/C18H21N3O8/c19-11(7-9-1-3-10(22)4-2-9)17(26)28-8-12-14(24)15(25)16(29-12)21-6-5-13(23)20-18(21)27/h1-6,11-12,14-16,22,24-25H,7-8,19H2,(H,20,23,27)/t11-,12-,14?,15?,16-/m0/s1. The van der Waals surface area contributed by atoms with Gasteiger partial charge in [0.05, 0.1) is 0 Å². The zero-order valence-corrected chi connectivity index (χ0v) is 15.2. The molecule has 11 heteroatoms. The van der Waals surface area contributed by atoms with Crippen molar-refractivity contribution in [2.45, 2.75) is 37.0 Å². The average molecular weight is 407 g/mol. The van der Waals surface area contributed by atoms with Gasteiger partial charge in [-0.15, -0.1) is 0 Å². The van der Waals surface area contributed by atoms with E-state index >= 15 is 0 Å². The van der Waals surface area contributed by atoms with Crippen LogP contribution in [0.5, 0.6) is 5.75 Å². The van der Waals surface area contributed by atoms with E-state index < -0.39 is 54.4 Å². The molecule has 0 radical (unpaired) electrons. The lowest BCUT2D eigenvalue weighted by molar-refractivity contribution is -0.151. The minimum absolute atomic E-state index is 0.0898. The maximum atomic E-state index is 12.1. The van der Waals surface area contributed by atoms with Crippen LogP contribution in [0.1, 0.15) is 11.8 Å². The van der Waals surface area contributed by atoms with Crippen molar-refractivity contribution in [3.63, 3.8) is 0 Å². The van der Waals surface area contributed by atoms with E-state index in [0.717, 1.165) is 22.4 Å². The molecule has 0 saturated carbocycles. The fourth-order valence-corrected chi connectivity index (χ4v) is 2.96. The van der Waals surface area contributed by atoms with Crippen molar-refractivity contribution in [3.05, 3.63) is 62.9 Å². The number of esters is 1. The van der Waals surface area contributed by atoms with Crippen molar-refractivity contribution in [1.29, 1.82) is 0 Å². The lowest BCUT2D eigenvalue weighted by Gasteiger charge is -2.17. The van der Waals surface area contributed by atoms with Gasteiger partial charge in [-0.1, -0.05) is 12.1 Å². The first-order chi connectivity index (χ1) is 13.8. The molecule has 0 amide bonds. The van der Waals surface area contributed by atoms with Gasteiger partial charge in [-0.25, -0.2) is 4.79 Å². The second-order valence-electron chi connectivity index (χ2n) is 6.67. The van der Waals surface area contributed by atoms with Gasteiger partial charge in [0.25, 0.3) is 5.56 Å². The van der Waals surface area contributed by atoms with Gasteiger partial charge < -0.3 is 30.5 Å². The first-order valence-corrected chi connectivity index (χ1v) is 8.79. The first-order valence-electron chi connectivity index (χ1n) is 8.79. The molecule has 3 rings (SSSR count). The van der Waals surface area contributed by atoms with Crippen molar-refractivity contribution in [1.82, 2.24) is 9.55 Å². The lowest BCUT2D eigenvalue weighted by Crippen LogP contribution is -2.39. The number of carbonyl (C=O) groups is 1. The number of rotatable bonds is 6. The normalized spacial score (nSPS) is 24.9. The summed E-state index contributed by atoms with van der Waals surface area (Å²) in [5, 5.41) is 29.6. The molecule has 1 aliphatic heterocycles. The molecule has 0 spiro atoms. The number of benzene rings is 1. The summed E-state index contributed by atoms with van der Waals surface area (Å²) in [7, 11) is 0. The second-order valence-corrected chi connectivity index (χ2v) is 6.67. The Morgan fingerprint density at radius 3 is 2.55 bits per heavy atom. The number of H-pyrrole nitrogens is 1. The Morgan fingerprint density at radius 2 is 1.90 bits per heavy atom. The second kappa shape index (κ2) is 8.57. The molecular weight excluding hydrogens is 386 g/mol. The van der Waals surface area contributed by atoms with Gasteiger partial charge in [-0.2, -0.15) is 0 Å². The number of hydrogen-bond acceptors (Lipinski definition) is 9. The average Bonchev–Trinajstić information content (AvgIpc) is 2.96. The van der Waals surface area contributed by atoms with E-state index in [-0.39, 0.29) is 12.2 Å². The van der Waals surface area contributed by atoms with Crippen molar-refractivity contribution < 1.29 is 29.6 Å². The van der Waals surface area contributed by atoms with Crippen LogP contribution in [0.3, 0.4) is 0 Å². The summed E-state index contributed by atoms with van der Waals surface area (Å²) in [6.45, 7) is -0.394. The lowest BCUT2D eigenvalue weighted by atomic mass is 10.1. The summed E-state index contributed by atoms with van der Waals surface area (Å²) in [4.78, 5) is 37.1. The number of carbonyl (C=O) groups excluding carboxylic acids is 1. The van der Waals surface area contributed by atoms with E-state index in [4.69, 9.17) is 15.2 Å². The summed E-state index contributed by atoms with van der Waals surface area (Å²) in [6.07, 6.45) is -3.97. The smallest absolute Gasteiger partial charge is 0.330 e. The van der Waals surface area contributed by atoms with Gasteiger partial charge >= 0.3 is 11.7 Å². The van der Waals surface area contributed by atoms with E-state index in [0.29, 0.717) is 0 Å². The quantitative estimate of drug-likeness (QED) is 0.338. The summed E-state index contributed by atoms with van der Waals surface area (Å²) in [5.41, 5.74) is 5.10. The highest BCUT2D eigenvalue weighted by Gasteiger charge is 2.44. The molecule has 11 nitrogen and oxygen atoms in total. The topological polar surface area (TPSA) is 177 Å². The Morgan fingerprint density at radius 1 is 1.21 bits per heavy atom. The molecule has 1 aromatic heterocycles. The number of nitrogens with zero attached hydrogens (tertiary/aromatic N) is 1. The molecule has 29 heavy (non-hydrogen) atoms. The third kappa shape index (κ3) is 4.71. The van der Waals surface area contributed by atoms with E-state index in [2.05, 4.69) is 0 Å². The number of ether oxygens (including phenoxy) is 2. The maximum Gasteiger partial charge on any atom is 0.330 e. The number of aliphatic hydroxyl groups is 2. The monoisotopic (exact) mass is 407 g/mol. The molecule has 1 aromatic carbocycles. The number of phenolic OH excluding ortho intramolecular Hbond substituents is 1. The Bertz CT molecular complexity index is 970. The Labute approximate surface area is 163 Å². The van der Waals surface area contributed by atoms with Gasteiger partial charge in [-0.05, 0) is 24.1 Å². The van der Waals surface area contributed by atoms with Crippen LogP contribution >= 0.6 is 0 Å². The molecule has 6 N–H and O–H groups in total. The van der Waals surface area contributed by atoms with E-state index in [1.807, 2.05) is 4.98 Å². The highest BCUT2D eigenvalue weighted by molar-refractivity contribution is 5.75. The summed E-state index contributed by atoms with van der Waals surface area (Å²) >= 11 is 0. The van der Waals surface area contributed by atoms with Crippen LogP contribution < -0.4 is 17.0 Å². The van der Waals surface area contributed by atoms with Crippen molar-refractivity contribution in [3.8, 4) is 5.75 Å². The van der Waals surface area contributed by atoms with E-state index in [1.54, 1.807) is 12.1 Å². The van der Waals surface area contributed by atoms with E-state index in [9.17, 15) is 29.7 Å². The zero-order valence-electron chi connectivity index (χ0n) is 15.2. The number of phenols is 1. The molecule has 2 heterocycles.